The first-order valence-corrected chi connectivity index (χ1v) is 7.36. The lowest BCUT2D eigenvalue weighted by molar-refractivity contribution is -0.138. The zero-order valence-electron chi connectivity index (χ0n) is 13.2. The minimum absolute atomic E-state index is 0.161. The Balaban J connectivity index is 2.27. The van der Waals surface area contributed by atoms with Gasteiger partial charge in [0.05, 0.1) is 12.3 Å². The molecule has 116 valence electrons. The van der Waals surface area contributed by atoms with Crippen molar-refractivity contribution in [1.29, 1.82) is 0 Å². The van der Waals surface area contributed by atoms with Crippen molar-refractivity contribution in [3.63, 3.8) is 0 Å². The highest BCUT2D eigenvalue weighted by Gasteiger charge is 2.09. The molecule has 0 bridgehead atoms. The van der Waals surface area contributed by atoms with Crippen LogP contribution < -0.4 is 0 Å². The van der Waals surface area contributed by atoms with Crippen molar-refractivity contribution in [2.45, 2.75) is 13.8 Å². The van der Waals surface area contributed by atoms with Crippen LogP contribution in [0, 0.1) is 6.92 Å². The number of aryl methyl sites for hydroxylation is 1. The molecule has 0 fully saturated rings. The van der Waals surface area contributed by atoms with Crippen molar-refractivity contribution in [3.8, 4) is 0 Å². The molecule has 0 aliphatic heterocycles. The number of benzene rings is 2. The molecule has 4 heteroatoms. The minimum atomic E-state index is -0.497. The van der Waals surface area contributed by atoms with E-state index in [1.54, 1.807) is 13.0 Å². The summed E-state index contributed by atoms with van der Waals surface area (Å²) >= 11 is 0. The maximum Gasteiger partial charge on any atom is 0.357 e. The number of esters is 1. The quantitative estimate of drug-likeness (QED) is 0.467. The molecule has 0 amide bonds. The van der Waals surface area contributed by atoms with Gasteiger partial charge in [0.25, 0.3) is 0 Å². The smallest absolute Gasteiger partial charge is 0.357 e. The fourth-order valence-corrected chi connectivity index (χ4v) is 1.80. The van der Waals surface area contributed by atoms with Crippen molar-refractivity contribution in [1.82, 2.24) is 0 Å². The van der Waals surface area contributed by atoms with Crippen LogP contribution in [0.2, 0.25) is 0 Å². The van der Waals surface area contributed by atoms with E-state index in [1.165, 1.54) is 0 Å². The van der Waals surface area contributed by atoms with Crippen LogP contribution in [-0.4, -0.2) is 18.6 Å². The van der Waals surface area contributed by atoms with E-state index in [4.69, 9.17) is 4.74 Å². The van der Waals surface area contributed by atoms with E-state index in [1.807, 2.05) is 61.5 Å². The minimum Gasteiger partial charge on any atom is -0.461 e. The van der Waals surface area contributed by atoms with Gasteiger partial charge in [-0.2, -0.15) is 9.98 Å². The van der Waals surface area contributed by atoms with Crippen LogP contribution >= 0.6 is 0 Å². The van der Waals surface area contributed by atoms with Gasteiger partial charge in [-0.15, -0.1) is 0 Å². The van der Waals surface area contributed by atoms with Gasteiger partial charge >= 0.3 is 5.97 Å². The second-order valence-electron chi connectivity index (χ2n) is 4.82. The first-order valence-electron chi connectivity index (χ1n) is 7.36. The summed E-state index contributed by atoms with van der Waals surface area (Å²) in [6.07, 6.45) is 1.65. The van der Waals surface area contributed by atoms with Crippen molar-refractivity contribution >= 4 is 23.7 Å². The number of carbonyl (C=O) groups excluding carboxylic acids is 1. The molecule has 0 aromatic heterocycles. The zero-order chi connectivity index (χ0) is 16.5. The lowest BCUT2D eigenvalue weighted by atomic mass is 10.2. The van der Waals surface area contributed by atoms with Gasteiger partial charge in [-0.3, -0.25) is 0 Å². The highest BCUT2D eigenvalue weighted by atomic mass is 16.5. The van der Waals surface area contributed by atoms with Crippen LogP contribution in [-0.2, 0) is 9.53 Å². The molecule has 2 rings (SSSR count). The van der Waals surface area contributed by atoms with Crippen molar-refractivity contribution < 1.29 is 9.53 Å². The topological polar surface area (TPSA) is 51.0 Å². The molecule has 2 aromatic carbocycles. The second-order valence-corrected chi connectivity index (χ2v) is 4.82. The largest absolute Gasteiger partial charge is 0.461 e. The lowest BCUT2D eigenvalue weighted by Gasteiger charge is -2.00. The van der Waals surface area contributed by atoms with Gasteiger partial charge in [0.1, 0.15) is 6.01 Å². The van der Waals surface area contributed by atoms with Crippen LogP contribution in [0.3, 0.4) is 0 Å². The molecule has 0 aliphatic rings. The van der Waals surface area contributed by atoms with Gasteiger partial charge in [0.15, 0.2) is 5.70 Å². The monoisotopic (exact) mass is 306 g/mol. The Labute approximate surface area is 135 Å². The van der Waals surface area contributed by atoms with E-state index < -0.39 is 5.97 Å². The van der Waals surface area contributed by atoms with Crippen molar-refractivity contribution in [2.75, 3.05) is 6.61 Å². The van der Waals surface area contributed by atoms with Crippen LogP contribution in [0.5, 0.6) is 0 Å². The van der Waals surface area contributed by atoms with E-state index in [2.05, 4.69) is 16.0 Å². The summed E-state index contributed by atoms with van der Waals surface area (Å²) in [4.78, 5) is 20.1. The first kappa shape index (κ1) is 16.4. The average molecular weight is 306 g/mol. The first-order chi connectivity index (χ1) is 11.2. The second kappa shape index (κ2) is 8.47. The van der Waals surface area contributed by atoms with Crippen molar-refractivity contribution in [2.24, 2.45) is 9.98 Å². The van der Waals surface area contributed by atoms with E-state index in [-0.39, 0.29) is 12.3 Å². The Hall–Kier alpha value is -2.97. The lowest BCUT2D eigenvalue weighted by Crippen LogP contribution is -2.05. The molecule has 0 radical (unpaired) electrons. The molecule has 2 aromatic rings. The zero-order valence-corrected chi connectivity index (χ0v) is 13.2. The molecular formula is C19H18N2O2. The summed E-state index contributed by atoms with van der Waals surface area (Å²) in [5.41, 5.74) is 2.89. The fourth-order valence-electron chi connectivity index (χ4n) is 1.80. The summed E-state index contributed by atoms with van der Waals surface area (Å²) in [6.45, 7) is 4.04. The Morgan fingerprint density at radius 3 is 2.48 bits per heavy atom. The van der Waals surface area contributed by atoms with Gasteiger partial charge < -0.3 is 4.74 Å². The molecule has 23 heavy (non-hydrogen) atoms. The molecule has 0 N–H and O–H groups in total. The molecule has 0 heterocycles. The Kier molecular flexibility index (Phi) is 6.04. The molecule has 0 atom stereocenters. The normalized spacial score (nSPS) is 10.6. The summed E-state index contributed by atoms with van der Waals surface area (Å²) in [5.74, 6) is -0.497. The molecule has 0 unspecified atom stereocenters. The number of hydrogen-bond acceptors (Lipinski definition) is 4. The average Bonchev–Trinajstić information content (AvgIpc) is 2.57. The number of rotatable bonds is 5. The van der Waals surface area contributed by atoms with Gasteiger partial charge in [-0.25, -0.2) is 4.79 Å². The maximum absolute atomic E-state index is 12.0. The third-order valence-electron chi connectivity index (χ3n) is 2.97. The molecule has 0 saturated heterocycles. The van der Waals surface area contributed by atoms with Crippen LogP contribution in [0.15, 0.2) is 70.3 Å². The number of aliphatic imine (C=N–C) groups is 2. The van der Waals surface area contributed by atoms with Crippen molar-refractivity contribution in [3.05, 3.63) is 71.4 Å². The summed E-state index contributed by atoms with van der Waals surface area (Å²) in [7, 11) is 0. The maximum atomic E-state index is 12.0. The Morgan fingerprint density at radius 2 is 1.83 bits per heavy atom. The van der Waals surface area contributed by atoms with Gasteiger partial charge in [0.2, 0.25) is 0 Å². The van der Waals surface area contributed by atoms with Gasteiger partial charge in [-0.05, 0) is 37.6 Å². The van der Waals surface area contributed by atoms with Crippen LogP contribution in [0.1, 0.15) is 18.1 Å². The van der Waals surface area contributed by atoms with Crippen LogP contribution in [0.25, 0.3) is 6.08 Å². The summed E-state index contributed by atoms with van der Waals surface area (Å²) in [6, 6.07) is 19.6. The highest BCUT2D eigenvalue weighted by Crippen LogP contribution is 2.12. The molecule has 4 nitrogen and oxygen atoms in total. The molecule has 0 aliphatic carbocycles. The fraction of sp³-hybridized carbons (Fsp3) is 0.158. The Morgan fingerprint density at radius 1 is 1.13 bits per heavy atom. The SMILES string of the molecule is CCOC(=O)/C(=C/c1ccccc1)N=C=Nc1ccc(C)cc1. The number of carbonyl (C=O) groups is 1. The molecule has 0 saturated carbocycles. The number of hydrogen-bond donors (Lipinski definition) is 0. The predicted octanol–water partition coefficient (Wildman–Crippen LogP) is 4.40. The summed E-state index contributed by atoms with van der Waals surface area (Å²) in [5, 5.41) is 0. The van der Waals surface area contributed by atoms with Crippen LogP contribution in [0.4, 0.5) is 5.69 Å². The van der Waals surface area contributed by atoms with E-state index >= 15 is 0 Å². The molecule has 0 spiro atoms. The predicted molar refractivity (Wildman–Crippen MR) is 91.8 cm³/mol. The summed E-state index contributed by atoms with van der Waals surface area (Å²) < 4.78 is 5.01. The standard InChI is InChI=1S/C19H18N2O2/c1-3-23-19(22)18(13-16-7-5-4-6-8-16)21-14-20-17-11-9-15(2)10-12-17/h4-13H,3H2,1-2H3/b18-13-. The third kappa shape index (κ3) is 5.38. The number of ether oxygens (including phenoxy) is 1. The van der Waals surface area contributed by atoms with E-state index in [9.17, 15) is 4.79 Å². The highest BCUT2D eigenvalue weighted by molar-refractivity contribution is 5.94. The molecular weight excluding hydrogens is 288 g/mol. The van der Waals surface area contributed by atoms with Gasteiger partial charge in [-0.1, -0.05) is 48.0 Å². The number of nitrogens with zero attached hydrogens (tertiary/aromatic N) is 2. The van der Waals surface area contributed by atoms with E-state index in [0.29, 0.717) is 0 Å². The third-order valence-corrected chi connectivity index (χ3v) is 2.97. The van der Waals surface area contributed by atoms with Gasteiger partial charge in [0, 0.05) is 0 Å². The van der Waals surface area contributed by atoms with E-state index in [0.717, 1.165) is 16.8 Å². The Bertz CT molecular complexity index is 741.